The molecule has 0 bridgehead atoms. The number of aryl methyl sites for hydroxylation is 1. The van der Waals surface area contributed by atoms with Crippen LogP contribution in [-0.2, 0) is 6.54 Å². The molecule has 1 rings (SSSR count). The van der Waals surface area contributed by atoms with Gasteiger partial charge in [0.1, 0.15) is 12.4 Å². The van der Waals surface area contributed by atoms with Crippen LogP contribution in [0.2, 0.25) is 0 Å². The molecule has 0 amide bonds. The first kappa shape index (κ1) is 25.2. The third-order valence-corrected chi connectivity index (χ3v) is 6.22. The van der Waals surface area contributed by atoms with Crippen molar-refractivity contribution in [3.05, 3.63) is 18.7 Å². The minimum absolute atomic E-state index is 0.643. The summed E-state index contributed by atoms with van der Waals surface area (Å²) in [4.78, 5) is 0. The zero-order chi connectivity index (χ0) is 20.3. The van der Waals surface area contributed by atoms with Crippen molar-refractivity contribution in [2.75, 3.05) is 0 Å². The molecule has 0 aliphatic rings. The number of aromatic nitrogens is 2. The summed E-state index contributed by atoms with van der Waals surface area (Å²) in [5.74, 6) is 0. The van der Waals surface area contributed by atoms with Crippen LogP contribution >= 0.6 is 0 Å². The van der Waals surface area contributed by atoms with Crippen LogP contribution in [0.3, 0.4) is 0 Å². The van der Waals surface area contributed by atoms with Crippen molar-refractivity contribution in [3.63, 3.8) is 0 Å². The molecule has 0 saturated carbocycles. The van der Waals surface area contributed by atoms with Crippen molar-refractivity contribution in [2.24, 2.45) is 0 Å². The summed E-state index contributed by atoms with van der Waals surface area (Å²) in [7, 11) is 0. The molecule has 0 aliphatic carbocycles. The van der Waals surface area contributed by atoms with Gasteiger partial charge in [0.05, 0.1) is 12.6 Å². The molecule has 2 nitrogen and oxygen atoms in total. The third kappa shape index (κ3) is 13.4. The summed E-state index contributed by atoms with van der Waals surface area (Å²) in [6, 6.07) is 0.643. The highest BCUT2D eigenvalue weighted by molar-refractivity contribution is 4.72. The predicted molar refractivity (Wildman–Crippen MR) is 124 cm³/mol. The molecule has 1 aromatic heterocycles. The van der Waals surface area contributed by atoms with Crippen LogP contribution < -0.4 is 4.57 Å². The second-order valence-electron chi connectivity index (χ2n) is 9.04. The van der Waals surface area contributed by atoms with Gasteiger partial charge in [-0.15, -0.1) is 0 Å². The predicted octanol–water partition coefficient (Wildman–Crippen LogP) is 8.40. The van der Waals surface area contributed by atoms with Crippen LogP contribution in [0.15, 0.2) is 18.7 Å². The second kappa shape index (κ2) is 18.3. The van der Waals surface area contributed by atoms with Crippen molar-refractivity contribution in [3.8, 4) is 0 Å². The Kier molecular flexibility index (Phi) is 16.5. The fourth-order valence-electron chi connectivity index (χ4n) is 4.13. The van der Waals surface area contributed by atoms with E-state index in [2.05, 4.69) is 48.6 Å². The first-order chi connectivity index (χ1) is 13.8. The highest BCUT2D eigenvalue weighted by Gasteiger charge is 2.11. The molecule has 0 radical (unpaired) electrons. The molecule has 28 heavy (non-hydrogen) atoms. The maximum absolute atomic E-state index is 2.42. The molecule has 2 heteroatoms. The maximum Gasteiger partial charge on any atom is 0.243 e. The van der Waals surface area contributed by atoms with E-state index in [0.717, 1.165) is 0 Å². The van der Waals surface area contributed by atoms with Gasteiger partial charge >= 0.3 is 0 Å². The Morgan fingerprint density at radius 3 is 1.64 bits per heavy atom. The lowest BCUT2D eigenvalue weighted by Crippen LogP contribution is -2.31. The summed E-state index contributed by atoms with van der Waals surface area (Å²) in [6.45, 7) is 8.14. The Labute approximate surface area is 177 Å². The molecular formula is C26H51N2+. The average Bonchev–Trinajstić information content (AvgIpc) is 3.17. The first-order valence-electron chi connectivity index (χ1n) is 12.8. The van der Waals surface area contributed by atoms with Gasteiger partial charge in [0, 0.05) is 0 Å². The van der Waals surface area contributed by atoms with E-state index >= 15 is 0 Å². The quantitative estimate of drug-likeness (QED) is 0.156. The van der Waals surface area contributed by atoms with Gasteiger partial charge in [0.25, 0.3) is 0 Å². The minimum Gasteiger partial charge on any atom is -0.237 e. The van der Waals surface area contributed by atoms with Gasteiger partial charge in [-0.3, -0.25) is 0 Å². The lowest BCUT2D eigenvalue weighted by atomic mass is 10.0. The summed E-state index contributed by atoms with van der Waals surface area (Å²) in [5.41, 5.74) is 0. The topological polar surface area (TPSA) is 8.81 Å². The fourth-order valence-corrected chi connectivity index (χ4v) is 4.13. The van der Waals surface area contributed by atoms with Crippen molar-refractivity contribution in [1.82, 2.24) is 4.57 Å². The summed E-state index contributed by atoms with van der Waals surface area (Å²) in [6.07, 6.45) is 32.2. The number of unbranched alkanes of at least 4 members (excludes halogenated alkanes) is 15. The van der Waals surface area contributed by atoms with E-state index in [1.54, 1.807) is 0 Å². The molecule has 0 N–H and O–H groups in total. The summed E-state index contributed by atoms with van der Waals surface area (Å²) >= 11 is 0. The van der Waals surface area contributed by atoms with Gasteiger partial charge in [0.15, 0.2) is 0 Å². The van der Waals surface area contributed by atoms with Crippen molar-refractivity contribution >= 4 is 0 Å². The van der Waals surface area contributed by atoms with Crippen LogP contribution in [-0.4, -0.2) is 4.57 Å². The van der Waals surface area contributed by atoms with Gasteiger partial charge in [-0.05, 0) is 32.6 Å². The largest absolute Gasteiger partial charge is 0.243 e. The first-order valence-corrected chi connectivity index (χ1v) is 12.8. The van der Waals surface area contributed by atoms with Crippen molar-refractivity contribution in [2.45, 2.75) is 149 Å². The molecule has 1 unspecified atom stereocenters. The minimum atomic E-state index is 0.643. The SMILES string of the molecule is CCCCCCCCCCCCCCC(C)n1cc[n+](CCCCCCC)c1. The Morgan fingerprint density at radius 1 is 0.643 bits per heavy atom. The standard InChI is InChI=1S/C26H51N2/c1-4-6-8-10-11-12-13-14-15-16-17-19-21-26(3)28-24-23-27(25-28)22-20-18-9-7-5-2/h23-26H,4-22H2,1-3H3/q+1. The second-order valence-corrected chi connectivity index (χ2v) is 9.04. The normalized spacial score (nSPS) is 12.5. The maximum atomic E-state index is 2.42. The molecule has 0 fully saturated rings. The molecule has 164 valence electrons. The van der Waals surface area contributed by atoms with Crippen LogP contribution in [0.1, 0.15) is 142 Å². The van der Waals surface area contributed by atoms with Gasteiger partial charge < -0.3 is 0 Å². The smallest absolute Gasteiger partial charge is 0.237 e. The molecule has 0 aromatic carbocycles. The number of hydrogen-bond donors (Lipinski definition) is 0. The highest BCUT2D eigenvalue weighted by Crippen LogP contribution is 2.17. The Hall–Kier alpha value is -0.790. The monoisotopic (exact) mass is 391 g/mol. The van der Waals surface area contributed by atoms with Gasteiger partial charge in [0.2, 0.25) is 6.33 Å². The van der Waals surface area contributed by atoms with Gasteiger partial charge in [-0.1, -0.05) is 104 Å². The van der Waals surface area contributed by atoms with E-state index in [1.165, 1.54) is 122 Å². The Bertz CT molecular complexity index is 437. The van der Waals surface area contributed by atoms with Crippen molar-refractivity contribution < 1.29 is 4.57 Å². The molecule has 0 saturated heterocycles. The number of nitrogens with zero attached hydrogens (tertiary/aromatic N) is 2. The summed E-state index contributed by atoms with van der Waals surface area (Å²) < 4.78 is 4.80. The molecule has 1 aromatic rings. The van der Waals surface area contributed by atoms with Crippen molar-refractivity contribution in [1.29, 1.82) is 0 Å². The van der Waals surface area contributed by atoms with E-state index < -0.39 is 0 Å². The molecule has 1 atom stereocenters. The van der Waals surface area contributed by atoms with Gasteiger partial charge in [-0.2, -0.15) is 0 Å². The van der Waals surface area contributed by atoms with E-state index in [-0.39, 0.29) is 0 Å². The molecular weight excluding hydrogens is 340 g/mol. The van der Waals surface area contributed by atoms with E-state index in [0.29, 0.717) is 6.04 Å². The Morgan fingerprint density at radius 2 is 1.11 bits per heavy atom. The fraction of sp³-hybridized carbons (Fsp3) is 0.885. The average molecular weight is 392 g/mol. The highest BCUT2D eigenvalue weighted by atomic mass is 15.1. The van der Waals surface area contributed by atoms with Crippen LogP contribution in [0, 0.1) is 0 Å². The Balaban J connectivity index is 1.95. The zero-order valence-electron chi connectivity index (χ0n) is 19.6. The lowest BCUT2D eigenvalue weighted by molar-refractivity contribution is -0.697. The van der Waals surface area contributed by atoms with E-state index in [4.69, 9.17) is 0 Å². The van der Waals surface area contributed by atoms with Gasteiger partial charge in [-0.25, -0.2) is 9.13 Å². The van der Waals surface area contributed by atoms with E-state index in [9.17, 15) is 0 Å². The zero-order valence-corrected chi connectivity index (χ0v) is 19.6. The van der Waals surface area contributed by atoms with Crippen LogP contribution in [0.4, 0.5) is 0 Å². The number of hydrogen-bond acceptors (Lipinski definition) is 0. The van der Waals surface area contributed by atoms with E-state index in [1.807, 2.05) is 0 Å². The van der Waals surface area contributed by atoms with Crippen LogP contribution in [0.5, 0.6) is 0 Å². The number of rotatable bonds is 20. The lowest BCUT2D eigenvalue weighted by Gasteiger charge is -2.08. The van der Waals surface area contributed by atoms with Crippen LogP contribution in [0.25, 0.3) is 0 Å². The molecule has 0 aliphatic heterocycles. The molecule has 1 heterocycles. The number of imidazole rings is 1. The summed E-state index contributed by atoms with van der Waals surface area (Å²) in [5, 5.41) is 0. The molecule has 0 spiro atoms. The third-order valence-electron chi connectivity index (χ3n) is 6.22.